The standard InChI is InChI=1S/C15H17BrN2O2/c1-3-9(4-2)13-17-14(19)12(15(20)18-13)10-7-5-6-8-11(10)16/h5-9H,3-4H2,1-2H3,(H2,17,18,19,20). The molecule has 0 aliphatic carbocycles. The van der Waals surface area contributed by atoms with E-state index < -0.39 is 0 Å². The number of nitrogens with zero attached hydrogens (tertiary/aromatic N) is 1. The van der Waals surface area contributed by atoms with Crippen LogP contribution in [0.1, 0.15) is 38.4 Å². The quantitative estimate of drug-likeness (QED) is 0.892. The zero-order valence-electron chi connectivity index (χ0n) is 11.5. The van der Waals surface area contributed by atoms with Gasteiger partial charge in [-0.15, -0.1) is 0 Å². The first-order valence-corrected chi connectivity index (χ1v) is 7.45. The van der Waals surface area contributed by atoms with Crippen molar-refractivity contribution in [2.75, 3.05) is 0 Å². The van der Waals surface area contributed by atoms with Gasteiger partial charge in [0.15, 0.2) is 0 Å². The maximum atomic E-state index is 12.3. The van der Waals surface area contributed by atoms with Gasteiger partial charge in [0, 0.05) is 16.0 Å². The summed E-state index contributed by atoms with van der Waals surface area (Å²) in [6, 6.07) is 7.26. The van der Waals surface area contributed by atoms with Gasteiger partial charge in [0.05, 0.1) is 0 Å². The first-order valence-electron chi connectivity index (χ1n) is 6.66. The average Bonchev–Trinajstić information content (AvgIpc) is 2.41. The molecule has 0 saturated heterocycles. The van der Waals surface area contributed by atoms with Gasteiger partial charge in [-0.05, 0) is 18.9 Å². The fourth-order valence-corrected chi connectivity index (χ4v) is 2.74. The molecular weight excluding hydrogens is 320 g/mol. The van der Waals surface area contributed by atoms with Crippen molar-refractivity contribution in [2.45, 2.75) is 32.6 Å². The molecule has 0 atom stereocenters. The highest BCUT2D eigenvalue weighted by Gasteiger charge is 2.18. The molecule has 5 heteroatoms. The average molecular weight is 337 g/mol. The Balaban J connectivity index is 2.58. The summed E-state index contributed by atoms with van der Waals surface area (Å²) in [5.41, 5.74) is 0.522. The first-order chi connectivity index (χ1) is 9.58. The summed E-state index contributed by atoms with van der Waals surface area (Å²) in [4.78, 5) is 19.2. The van der Waals surface area contributed by atoms with Crippen LogP contribution in [-0.4, -0.2) is 15.1 Å². The number of H-pyrrole nitrogens is 1. The Morgan fingerprint density at radius 3 is 2.50 bits per heavy atom. The summed E-state index contributed by atoms with van der Waals surface area (Å²) in [6.07, 6.45) is 1.74. The van der Waals surface area contributed by atoms with Crippen molar-refractivity contribution >= 4 is 15.9 Å². The lowest BCUT2D eigenvalue weighted by Crippen LogP contribution is -2.16. The molecule has 0 spiro atoms. The van der Waals surface area contributed by atoms with E-state index in [0.717, 1.165) is 17.3 Å². The fraction of sp³-hybridized carbons (Fsp3) is 0.333. The van der Waals surface area contributed by atoms with Gasteiger partial charge in [0.2, 0.25) is 5.88 Å². The molecule has 1 aromatic carbocycles. The summed E-state index contributed by atoms with van der Waals surface area (Å²) < 4.78 is 0.748. The molecule has 0 aliphatic heterocycles. The number of halogens is 1. The number of hydrogen-bond donors (Lipinski definition) is 2. The summed E-state index contributed by atoms with van der Waals surface area (Å²) in [5.74, 6) is 0.484. The molecule has 0 aliphatic rings. The van der Waals surface area contributed by atoms with Gasteiger partial charge >= 0.3 is 0 Å². The second kappa shape index (κ2) is 6.22. The molecule has 20 heavy (non-hydrogen) atoms. The fourth-order valence-electron chi connectivity index (χ4n) is 2.25. The Labute approximate surface area is 126 Å². The van der Waals surface area contributed by atoms with Gasteiger partial charge in [-0.25, -0.2) is 0 Å². The van der Waals surface area contributed by atoms with Crippen LogP contribution in [0.3, 0.4) is 0 Å². The number of aromatic amines is 1. The predicted molar refractivity (Wildman–Crippen MR) is 83.0 cm³/mol. The second-order valence-electron chi connectivity index (χ2n) is 4.64. The van der Waals surface area contributed by atoms with Gasteiger partial charge < -0.3 is 10.1 Å². The molecule has 0 unspecified atom stereocenters. The normalized spacial score (nSPS) is 11.0. The lowest BCUT2D eigenvalue weighted by Gasteiger charge is -2.13. The van der Waals surface area contributed by atoms with Gasteiger partial charge in [-0.3, -0.25) is 4.79 Å². The van der Waals surface area contributed by atoms with Crippen LogP contribution in [-0.2, 0) is 0 Å². The van der Waals surface area contributed by atoms with Crippen LogP contribution < -0.4 is 5.56 Å². The zero-order valence-corrected chi connectivity index (χ0v) is 13.1. The third kappa shape index (κ3) is 2.77. The maximum Gasteiger partial charge on any atom is 0.262 e. The highest BCUT2D eigenvalue weighted by atomic mass is 79.9. The molecule has 0 saturated carbocycles. The summed E-state index contributed by atoms with van der Waals surface area (Å²) in [7, 11) is 0. The molecule has 2 N–H and O–H groups in total. The Morgan fingerprint density at radius 2 is 1.95 bits per heavy atom. The molecule has 4 nitrogen and oxygen atoms in total. The van der Waals surface area contributed by atoms with Gasteiger partial charge in [0.1, 0.15) is 11.4 Å². The van der Waals surface area contributed by atoms with E-state index in [2.05, 4.69) is 25.9 Å². The molecule has 106 valence electrons. The van der Waals surface area contributed by atoms with Crippen molar-refractivity contribution in [1.82, 2.24) is 9.97 Å². The lowest BCUT2D eigenvalue weighted by molar-refractivity contribution is 0.444. The van der Waals surface area contributed by atoms with E-state index in [4.69, 9.17) is 0 Å². The number of aromatic nitrogens is 2. The Kier molecular flexibility index (Phi) is 4.60. The molecule has 0 bridgehead atoms. The molecule has 1 heterocycles. The maximum absolute atomic E-state index is 12.3. The highest BCUT2D eigenvalue weighted by Crippen LogP contribution is 2.31. The number of aromatic hydroxyl groups is 1. The molecular formula is C15H17BrN2O2. The van der Waals surface area contributed by atoms with Gasteiger partial charge in [0.25, 0.3) is 5.56 Å². The van der Waals surface area contributed by atoms with E-state index in [1.54, 1.807) is 6.07 Å². The summed E-state index contributed by atoms with van der Waals surface area (Å²) >= 11 is 3.38. The minimum atomic E-state index is -0.314. The van der Waals surface area contributed by atoms with Crippen molar-refractivity contribution in [1.29, 1.82) is 0 Å². The molecule has 0 radical (unpaired) electrons. The van der Waals surface area contributed by atoms with E-state index in [1.165, 1.54) is 0 Å². The number of hydrogen-bond acceptors (Lipinski definition) is 3. The monoisotopic (exact) mass is 336 g/mol. The van der Waals surface area contributed by atoms with Crippen molar-refractivity contribution < 1.29 is 5.11 Å². The van der Waals surface area contributed by atoms with Crippen molar-refractivity contribution in [2.24, 2.45) is 0 Å². The smallest absolute Gasteiger partial charge is 0.262 e. The molecule has 1 aromatic heterocycles. The van der Waals surface area contributed by atoms with Crippen LogP contribution in [0.25, 0.3) is 11.1 Å². The Hall–Kier alpha value is -1.62. The first kappa shape index (κ1) is 14.8. The Morgan fingerprint density at radius 1 is 1.30 bits per heavy atom. The van der Waals surface area contributed by atoms with E-state index >= 15 is 0 Å². The zero-order chi connectivity index (χ0) is 14.7. The Bertz CT molecular complexity index is 663. The second-order valence-corrected chi connectivity index (χ2v) is 5.50. The van der Waals surface area contributed by atoms with E-state index in [9.17, 15) is 9.90 Å². The minimum absolute atomic E-state index is 0.155. The summed E-state index contributed by atoms with van der Waals surface area (Å²) in [5, 5.41) is 10.1. The number of nitrogens with one attached hydrogen (secondary N) is 1. The van der Waals surface area contributed by atoms with Crippen molar-refractivity contribution in [3.63, 3.8) is 0 Å². The van der Waals surface area contributed by atoms with E-state index in [1.807, 2.05) is 32.0 Å². The molecule has 2 rings (SSSR count). The highest BCUT2D eigenvalue weighted by molar-refractivity contribution is 9.10. The molecule has 0 amide bonds. The molecule has 0 fully saturated rings. The van der Waals surface area contributed by atoms with Crippen molar-refractivity contribution in [3.8, 4) is 17.0 Å². The largest absolute Gasteiger partial charge is 0.493 e. The van der Waals surface area contributed by atoms with Crippen LogP contribution in [0.4, 0.5) is 0 Å². The van der Waals surface area contributed by atoms with Gasteiger partial charge in [-0.2, -0.15) is 4.98 Å². The topological polar surface area (TPSA) is 66.0 Å². The van der Waals surface area contributed by atoms with E-state index in [0.29, 0.717) is 11.4 Å². The molecule has 2 aromatic rings. The van der Waals surface area contributed by atoms with Crippen LogP contribution >= 0.6 is 15.9 Å². The van der Waals surface area contributed by atoms with Gasteiger partial charge in [-0.1, -0.05) is 48.0 Å². The van der Waals surface area contributed by atoms with Crippen LogP contribution in [0.15, 0.2) is 33.5 Å². The third-order valence-electron chi connectivity index (χ3n) is 3.43. The van der Waals surface area contributed by atoms with Crippen molar-refractivity contribution in [3.05, 3.63) is 44.9 Å². The number of rotatable bonds is 4. The van der Waals surface area contributed by atoms with Crippen LogP contribution in [0, 0.1) is 0 Å². The van der Waals surface area contributed by atoms with Crippen LogP contribution in [0.2, 0.25) is 0 Å². The van der Waals surface area contributed by atoms with E-state index in [-0.39, 0.29) is 22.9 Å². The predicted octanol–water partition coefficient (Wildman–Crippen LogP) is 3.81. The summed E-state index contributed by atoms with van der Waals surface area (Å²) in [6.45, 7) is 4.07. The van der Waals surface area contributed by atoms with Crippen LogP contribution in [0.5, 0.6) is 5.88 Å². The lowest BCUT2D eigenvalue weighted by atomic mass is 10.0. The SMILES string of the molecule is CCC(CC)c1nc(O)c(-c2ccccc2Br)c(=O)[nH]1. The third-order valence-corrected chi connectivity index (χ3v) is 4.13. The number of benzene rings is 1. The minimum Gasteiger partial charge on any atom is -0.493 e.